The van der Waals surface area contributed by atoms with Gasteiger partial charge in [0.15, 0.2) is 6.10 Å². The maximum atomic E-state index is 13.4. The largest absolute Gasteiger partial charge is 0.476 e. The van der Waals surface area contributed by atoms with E-state index in [1.807, 2.05) is 6.92 Å². The van der Waals surface area contributed by atoms with Crippen molar-refractivity contribution in [1.82, 2.24) is 0 Å². The van der Waals surface area contributed by atoms with E-state index in [1.165, 1.54) is 4.31 Å². The number of carbonyl (C=O) groups excluding carboxylic acids is 1. The molecule has 8 heteroatoms. The second-order valence-corrected chi connectivity index (χ2v) is 9.16. The number of fused-ring (bicyclic) bond motifs is 1. The van der Waals surface area contributed by atoms with Gasteiger partial charge in [-0.1, -0.05) is 53.6 Å². The van der Waals surface area contributed by atoms with Crippen LogP contribution in [0.2, 0.25) is 5.02 Å². The van der Waals surface area contributed by atoms with Crippen LogP contribution in [0.25, 0.3) is 0 Å². The summed E-state index contributed by atoms with van der Waals surface area (Å²) in [5, 5.41) is 3.09. The summed E-state index contributed by atoms with van der Waals surface area (Å²) in [5.74, 6) is -0.166. The summed E-state index contributed by atoms with van der Waals surface area (Å²) < 4.78 is 33.8. The highest BCUT2D eigenvalue weighted by Crippen LogP contribution is 2.37. The highest BCUT2D eigenvalue weighted by Gasteiger charge is 2.37. The van der Waals surface area contributed by atoms with Gasteiger partial charge in [0.25, 0.3) is 15.9 Å². The molecule has 1 amide bonds. The molecule has 154 valence electrons. The summed E-state index contributed by atoms with van der Waals surface area (Å²) >= 11 is 6.12. The number of para-hydroxylation sites is 3. The van der Waals surface area contributed by atoms with Gasteiger partial charge >= 0.3 is 0 Å². The normalized spacial score (nSPS) is 15.8. The van der Waals surface area contributed by atoms with Crippen molar-refractivity contribution in [1.29, 1.82) is 0 Å². The van der Waals surface area contributed by atoms with Crippen LogP contribution in [0, 0.1) is 6.92 Å². The van der Waals surface area contributed by atoms with E-state index in [0.29, 0.717) is 22.1 Å². The molecule has 3 aromatic carbocycles. The number of amides is 1. The molecule has 1 aliphatic heterocycles. The number of hydrogen-bond donors (Lipinski definition) is 1. The van der Waals surface area contributed by atoms with E-state index >= 15 is 0 Å². The fraction of sp³-hybridized carbons (Fsp3) is 0.136. The molecule has 3 aromatic rings. The van der Waals surface area contributed by atoms with Gasteiger partial charge in [-0.3, -0.25) is 9.10 Å². The van der Waals surface area contributed by atoms with Crippen molar-refractivity contribution in [3.63, 3.8) is 0 Å². The Kier molecular flexibility index (Phi) is 5.40. The van der Waals surface area contributed by atoms with Crippen molar-refractivity contribution in [2.75, 3.05) is 16.2 Å². The van der Waals surface area contributed by atoms with Crippen LogP contribution >= 0.6 is 11.6 Å². The molecule has 0 fully saturated rings. The van der Waals surface area contributed by atoms with E-state index in [4.69, 9.17) is 16.3 Å². The molecule has 0 radical (unpaired) electrons. The molecule has 0 aromatic heterocycles. The summed E-state index contributed by atoms with van der Waals surface area (Å²) in [5.41, 5.74) is 1.77. The van der Waals surface area contributed by atoms with E-state index < -0.39 is 22.0 Å². The van der Waals surface area contributed by atoms with Gasteiger partial charge in [-0.05, 0) is 43.3 Å². The van der Waals surface area contributed by atoms with Gasteiger partial charge in [0.05, 0.1) is 27.8 Å². The summed E-state index contributed by atoms with van der Waals surface area (Å²) in [7, 11) is -3.89. The average Bonchev–Trinajstić information content (AvgIpc) is 2.74. The quantitative estimate of drug-likeness (QED) is 0.655. The predicted molar refractivity (Wildman–Crippen MR) is 117 cm³/mol. The minimum Gasteiger partial charge on any atom is -0.476 e. The van der Waals surface area contributed by atoms with Crippen LogP contribution in [0.15, 0.2) is 77.7 Å². The molecule has 1 unspecified atom stereocenters. The van der Waals surface area contributed by atoms with Gasteiger partial charge in [-0.2, -0.15) is 0 Å². The number of ether oxygens (including phenoxy) is 1. The molecule has 6 nitrogen and oxygen atoms in total. The predicted octanol–water partition coefficient (Wildman–Crippen LogP) is 4.24. The smallest absolute Gasteiger partial charge is 0.267 e. The van der Waals surface area contributed by atoms with E-state index in [2.05, 4.69) is 5.32 Å². The Morgan fingerprint density at radius 2 is 1.70 bits per heavy atom. The molecule has 30 heavy (non-hydrogen) atoms. The first-order valence-electron chi connectivity index (χ1n) is 9.27. The topological polar surface area (TPSA) is 75.7 Å². The second kappa shape index (κ2) is 8.01. The Hall–Kier alpha value is -3.03. The highest BCUT2D eigenvalue weighted by atomic mass is 35.5. The molecular formula is C22H19ClN2O4S. The molecule has 0 saturated heterocycles. The Labute approximate surface area is 180 Å². The zero-order valence-corrected chi connectivity index (χ0v) is 17.7. The summed E-state index contributed by atoms with van der Waals surface area (Å²) in [4.78, 5) is 13.0. The Morgan fingerprint density at radius 1 is 1.03 bits per heavy atom. The van der Waals surface area contributed by atoms with E-state index in [-0.39, 0.29) is 11.4 Å². The van der Waals surface area contributed by atoms with Crippen molar-refractivity contribution in [3.8, 4) is 5.75 Å². The third-order valence-electron chi connectivity index (χ3n) is 4.77. The van der Waals surface area contributed by atoms with Crippen molar-refractivity contribution in [3.05, 3.63) is 83.4 Å². The number of halogens is 1. The fourth-order valence-corrected chi connectivity index (χ4v) is 4.84. The third kappa shape index (κ3) is 3.86. The number of nitrogens with one attached hydrogen (secondary N) is 1. The van der Waals surface area contributed by atoms with Gasteiger partial charge in [-0.15, -0.1) is 0 Å². The number of rotatable bonds is 4. The van der Waals surface area contributed by atoms with Crippen LogP contribution < -0.4 is 14.4 Å². The first-order chi connectivity index (χ1) is 14.4. The van der Waals surface area contributed by atoms with Crippen LogP contribution in [0.5, 0.6) is 5.75 Å². The zero-order valence-electron chi connectivity index (χ0n) is 16.1. The lowest BCUT2D eigenvalue weighted by Crippen LogP contribution is -2.48. The molecule has 1 aliphatic rings. The molecule has 1 atom stereocenters. The minimum absolute atomic E-state index is 0.148. The van der Waals surface area contributed by atoms with Crippen LogP contribution in [0.4, 0.5) is 11.4 Å². The highest BCUT2D eigenvalue weighted by molar-refractivity contribution is 7.92. The Balaban J connectivity index is 1.68. The molecule has 1 N–H and O–H groups in total. The van der Waals surface area contributed by atoms with Gasteiger partial charge in [0, 0.05) is 0 Å². The monoisotopic (exact) mass is 442 g/mol. The number of sulfonamides is 1. The lowest BCUT2D eigenvalue weighted by Gasteiger charge is -2.34. The summed E-state index contributed by atoms with van der Waals surface area (Å²) in [6.07, 6.45) is -1.05. The first-order valence-corrected chi connectivity index (χ1v) is 11.1. The molecule has 0 aliphatic carbocycles. The number of nitrogens with zero attached hydrogens (tertiary/aromatic N) is 1. The molecule has 1 heterocycles. The molecule has 4 rings (SSSR count). The lowest BCUT2D eigenvalue weighted by atomic mass is 10.2. The molecule has 0 spiro atoms. The molecule has 0 bridgehead atoms. The molecule has 0 saturated carbocycles. The van der Waals surface area contributed by atoms with Gasteiger partial charge in [-0.25, -0.2) is 8.42 Å². The fourth-order valence-electron chi connectivity index (χ4n) is 3.18. The van der Waals surface area contributed by atoms with E-state index in [0.717, 1.165) is 5.56 Å². The van der Waals surface area contributed by atoms with Crippen LogP contribution in [-0.2, 0) is 14.8 Å². The standard InChI is InChI=1S/C22H19ClN2O4S/c1-15-10-12-16(13-11-15)30(27,28)25-14-21(29-20-9-5-4-8-19(20)25)22(26)24-18-7-3-2-6-17(18)23/h2-13,21H,14H2,1H3,(H,24,26). The number of aryl methyl sites for hydroxylation is 1. The lowest BCUT2D eigenvalue weighted by molar-refractivity contribution is -0.122. The van der Waals surface area contributed by atoms with E-state index in [9.17, 15) is 13.2 Å². The Bertz CT molecular complexity index is 1200. The van der Waals surface area contributed by atoms with Crippen molar-refractivity contribution in [2.45, 2.75) is 17.9 Å². The number of hydrogen-bond acceptors (Lipinski definition) is 4. The first kappa shape index (κ1) is 20.3. The van der Waals surface area contributed by atoms with Crippen LogP contribution in [0.1, 0.15) is 5.56 Å². The minimum atomic E-state index is -3.89. The number of benzene rings is 3. The number of anilines is 2. The zero-order chi connectivity index (χ0) is 21.3. The van der Waals surface area contributed by atoms with Crippen LogP contribution in [-0.4, -0.2) is 27.0 Å². The maximum Gasteiger partial charge on any atom is 0.267 e. The van der Waals surface area contributed by atoms with Crippen molar-refractivity contribution in [2.24, 2.45) is 0 Å². The van der Waals surface area contributed by atoms with Gasteiger partial charge in [0.2, 0.25) is 0 Å². The summed E-state index contributed by atoms with van der Waals surface area (Å²) in [6.45, 7) is 1.72. The SMILES string of the molecule is Cc1ccc(S(=O)(=O)N2CC(C(=O)Nc3ccccc3Cl)Oc3ccccc32)cc1. The molecular weight excluding hydrogens is 424 g/mol. The number of carbonyl (C=O) groups is 1. The second-order valence-electron chi connectivity index (χ2n) is 6.89. The average molecular weight is 443 g/mol. The van der Waals surface area contributed by atoms with Gasteiger partial charge in [0.1, 0.15) is 5.75 Å². The van der Waals surface area contributed by atoms with Gasteiger partial charge < -0.3 is 10.1 Å². The summed E-state index contributed by atoms with van der Waals surface area (Å²) in [6, 6.07) is 20.2. The third-order valence-corrected chi connectivity index (χ3v) is 6.89. The van der Waals surface area contributed by atoms with Crippen LogP contribution in [0.3, 0.4) is 0 Å². The van der Waals surface area contributed by atoms with E-state index in [1.54, 1.807) is 72.8 Å². The maximum absolute atomic E-state index is 13.4. The van der Waals surface area contributed by atoms with Crippen molar-refractivity contribution >= 4 is 38.9 Å². The Morgan fingerprint density at radius 3 is 2.43 bits per heavy atom. The van der Waals surface area contributed by atoms with Crippen molar-refractivity contribution < 1.29 is 17.9 Å².